The first-order valence-corrected chi connectivity index (χ1v) is 11.6. The lowest BCUT2D eigenvalue weighted by Gasteiger charge is -2.15. The van der Waals surface area contributed by atoms with E-state index < -0.39 is 5.82 Å². The molecule has 0 aliphatic carbocycles. The van der Waals surface area contributed by atoms with Crippen LogP contribution in [0.5, 0.6) is 0 Å². The summed E-state index contributed by atoms with van der Waals surface area (Å²) in [4.78, 5) is 25.7. The monoisotopic (exact) mass is 466 g/mol. The number of benzene rings is 1. The lowest BCUT2D eigenvalue weighted by molar-refractivity contribution is 0.0951. The van der Waals surface area contributed by atoms with Crippen molar-refractivity contribution in [2.75, 3.05) is 17.6 Å². The number of nitrogen functional groups attached to an aromatic ring is 1. The number of halogens is 1. The number of aromatic nitrogens is 3. The maximum Gasteiger partial charge on any atom is 0.271 e. The Morgan fingerprint density at radius 3 is 2.64 bits per heavy atom. The standard InChI is InChI=1S/C22H21FN6OS.C2H6/c1-13(15-10-16(23)12-25-11-15)27-22-28-18-7-9-31-20(18)19(29-22)21(30)26-8-6-14-2-4-17(24)5-3-14;1-2/h2-5,7,9-13H,6,8,24H2,1H3,(H,26,30)(H,27,28,29);1-2H3/t13-;/m0./s1. The largest absolute Gasteiger partial charge is 0.399 e. The Morgan fingerprint density at radius 1 is 1.15 bits per heavy atom. The zero-order chi connectivity index (χ0) is 23.8. The molecule has 33 heavy (non-hydrogen) atoms. The third-order valence-corrected chi connectivity index (χ3v) is 5.68. The Balaban J connectivity index is 0.00000149. The first kappa shape index (κ1) is 24.1. The SMILES string of the molecule is CC.C[C@H](Nc1nc(C(=O)NCCc2ccc(N)cc2)c2sccc2n1)c1cncc(F)c1. The zero-order valence-electron chi connectivity index (χ0n) is 18.8. The van der Waals surface area contributed by atoms with Crippen molar-refractivity contribution in [2.24, 2.45) is 0 Å². The number of nitrogens with one attached hydrogen (secondary N) is 2. The van der Waals surface area contributed by atoms with Gasteiger partial charge >= 0.3 is 0 Å². The van der Waals surface area contributed by atoms with Crippen molar-refractivity contribution in [2.45, 2.75) is 33.2 Å². The average Bonchev–Trinajstić information content (AvgIpc) is 3.30. The molecular formula is C24H27FN6OS. The predicted molar refractivity (Wildman–Crippen MR) is 132 cm³/mol. The van der Waals surface area contributed by atoms with Gasteiger partial charge in [0.25, 0.3) is 5.91 Å². The maximum absolute atomic E-state index is 13.5. The van der Waals surface area contributed by atoms with Gasteiger partial charge < -0.3 is 16.4 Å². The highest BCUT2D eigenvalue weighted by molar-refractivity contribution is 7.17. The summed E-state index contributed by atoms with van der Waals surface area (Å²) in [6.07, 6.45) is 3.41. The van der Waals surface area contributed by atoms with Gasteiger partial charge in [0.15, 0.2) is 5.69 Å². The summed E-state index contributed by atoms with van der Waals surface area (Å²) in [5.74, 6) is -0.388. The van der Waals surface area contributed by atoms with E-state index in [0.29, 0.717) is 41.4 Å². The van der Waals surface area contributed by atoms with E-state index in [4.69, 9.17) is 5.73 Å². The van der Waals surface area contributed by atoms with Gasteiger partial charge in [-0.2, -0.15) is 0 Å². The number of anilines is 2. The molecule has 9 heteroatoms. The van der Waals surface area contributed by atoms with Crippen molar-refractivity contribution < 1.29 is 9.18 Å². The van der Waals surface area contributed by atoms with Crippen LogP contribution in [0.15, 0.2) is 54.2 Å². The van der Waals surface area contributed by atoms with Gasteiger partial charge in [-0.25, -0.2) is 14.4 Å². The molecule has 0 saturated heterocycles. The van der Waals surface area contributed by atoms with Crippen LogP contribution in [0, 0.1) is 5.82 Å². The summed E-state index contributed by atoms with van der Waals surface area (Å²) in [5, 5.41) is 7.93. The predicted octanol–water partition coefficient (Wildman–Crippen LogP) is 4.98. The Bertz CT molecular complexity index is 1210. The van der Waals surface area contributed by atoms with Crippen LogP contribution in [0.1, 0.15) is 48.4 Å². The Morgan fingerprint density at radius 2 is 1.91 bits per heavy atom. The molecule has 172 valence electrons. The van der Waals surface area contributed by atoms with E-state index in [9.17, 15) is 9.18 Å². The molecule has 4 N–H and O–H groups in total. The Labute approximate surface area is 196 Å². The molecule has 3 aromatic heterocycles. The summed E-state index contributed by atoms with van der Waals surface area (Å²) in [6.45, 7) is 6.32. The van der Waals surface area contributed by atoms with Gasteiger partial charge in [-0.15, -0.1) is 11.3 Å². The van der Waals surface area contributed by atoms with Gasteiger partial charge in [0.05, 0.1) is 22.5 Å². The molecule has 7 nitrogen and oxygen atoms in total. The number of thiophene rings is 1. The highest BCUT2D eigenvalue weighted by Gasteiger charge is 2.17. The summed E-state index contributed by atoms with van der Waals surface area (Å²) < 4.78 is 14.2. The molecule has 0 spiro atoms. The van der Waals surface area contributed by atoms with Crippen LogP contribution in [0.4, 0.5) is 16.0 Å². The Hall–Kier alpha value is -3.59. The van der Waals surface area contributed by atoms with Crippen LogP contribution in [-0.4, -0.2) is 27.4 Å². The van der Waals surface area contributed by atoms with Crippen LogP contribution >= 0.6 is 11.3 Å². The van der Waals surface area contributed by atoms with Gasteiger partial charge in [-0.1, -0.05) is 26.0 Å². The van der Waals surface area contributed by atoms with Gasteiger partial charge in [0.1, 0.15) is 5.82 Å². The smallest absolute Gasteiger partial charge is 0.271 e. The minimum atomic E-state index is -0.415. The molecule has 0 radical (unpaired) electrons. The molecule has 4 aromatic rings. The summed E-state index contributed by atoms with van der Waals surface area (Å²) >= 11 is 1.41. The van der Waals surface area contributed by atoms with Crippen LogP contribution in [0.25, 0.3) is 10.2 Å². The fourth-order valence-corrected chi connectivity index (χ4v) is 3.93. The van der Waals surface area contributed by atoms with Gasteiger partial charge in [0, 0.05) is 18.4 Å². The lowest BCUT2D eigenvalue weighted by Crippen LogP contribution is -2.27. The number of nitrogens with two attached hydrogens (primary N) is 1. The van der Waals surface area contributed by atoms with Crippen molar-refractivity contribution in [1.29, 1.82) is 0 Å². The third kappa shape index (κ3) is 6.23. The third-order valence-electron chi connectivity index (χ3n) is 4.77. The summed E-state index contributed by atoms with van der Waals surface area (Å²) in [7, 11) is 0. The second-order valence-electron chi connectivity index (χ2n) is 7.08. The minimum Gasteiger partial charge on any atom is -0.399 e. The first-order valence-electron chi connectivity index (χ1n) is 10.7. The van der Waals surface area contributed by atoms with Crippen molar-refractivity contribution >= 4 is 39.1 Å². The molecule has 0 bridgehead atoms. The highest BCUT2D eigenvalue weighted by Crippen LogP contribution is 2.25. The fraction of sp³-hybridized carbons (Fsp3) is 0.250. The number of amides is 1. The molecule has 0 unspecified atom stereocenters. The normalized spacial score (nSPS) is 11.4. The summed E-state index contributed by atoms with van der Waals surface area (Å²) in [5.41, 5.74) is 9.13. The number of nitrogens with zero attached hydrogens (tertiary/aromatic N) is 3. The number of rotatable bonds is 7. The molecule has 1 amide bonds. The van der Waals surface area contributed by atoms with Crippen molar-refractivity contribution in [1.82, 2.24) is 20.3 Å². The van der Waals surface area contributed by atoms with Crippen molar-refractivity contribution in [3.8, 4) is 0 Å². The zero-order valence-corrected chi connectivity index (χ0v) is 19.6. The highest BCUT2D eigenvalue weighted by atomic mass is 32.1. The molecule has 0 aliphatic rings. The lowest BCUT2D eigenvalue weighted by atomic mass is 10.1. The number of fused-ring (bicyclic) bond motifs is 1. The van der Waals surface area contributed by atoms with Gasteiger partial charge in [-0.3, -0.25) is 9.78 Å². The van der Waals surface area contributed by atoms with E-state index in [1.165, 1.54) is 17.4 Å². The Kier molecular flexibility index (Phi) is 8.26. The topological polar surface area (TPSA) is 106 Å². The van der Waals surface area contributed by atoms with E-state index in [2.05, 4.69) is 25.6 Å². The van der Waals surface area contributed by atoms with Crippen LogP contribution in [0.3, 0.4) is 0 Å². The van der Waals surface area contributed by atoms with Crippen molar-refractivity contribution in [3.63, 3.8) is 0 Å². The number of carbonyl (C=O) groups excluding carboxylic acids is 1. The molecule has 1 aromatic carbocycles. The van der Waals surface area contributed by atoms with E-state index in [1.54, 1.807) is 6.20 Å². The average molecular weight is 467 g/mol. The van der Waals surface area contributed by atoms with Crippen LogP contribution < -0.4 is 16.4 Å². The second-order valence-corrected chi connectivity index (χ2v) is 8.00. The van der Waals surface area contributed by atoms with E-state index in [0.717, 1.165) is 16.5 Å². The molecular weight excluding hydrogens is 439 g/mol. The molecule has 4 rings (SSSR count). The van der Waals surface area contributed by atoms with Gasteiger partial charge in [-0.05, 0) is 54.1 Å². The van der Waals surface area contributed by atoms with Gasteiger partial charge in [0.2, 0.25) is 5.95 Å². The van der Waals surface area contributed by atoms with Crippen molar-refractivity contribution in [3.05, 3.63) is 76.8 Å². The molecule has 1 atom stereocenters. The molecule has 0 fully saturated rings. The maximum atomic E-state index is 13.5. The molecule has 0 saturated carbocycles. The number of carbonyl (C=O) groups is 1. The fourth-order valence-electron chi connectivity index (χ4n) is 3.11. The first-order chi connectivity index (χ1) is 16.0. The minimum absolute atomic E-state index is 0.270. The van der Waals surface area contributed by atoms with E-state index >= 15 is 0 Å². The number of hydrogen-bond acceptors (Lipinski definition) is 7. The number of hydrogen-bond donors (Lipinski definition) is 3. The van der Waals surface area contributed by atoms with E-state index in [1.807, 2.05) is 56.5 Å². The number of pyridine rings is 1. The van der Waals surface area contributed by atoms with Crippen LogP contribution in [0.2, 0.25) is 0 Å². The second kappa shape index (κ2) is 11.3. The molecule has 0 aliphatic heterocycles. The summed E-state index contributed by atoms with van der Waals surface area (Å²) in [6, 6.07) is 10.5. The molecule has 3 heterocycles. The van der Waals surface area contributed by atoms with Crippen LogP contribution in [-0.2, 0) is 6.42 Å². The quantitative estimate of drug-likeness (QED) is 0.332. The van der Waals surface area contributed by atoms with E-state index in [-0.39, 0.29) is 11.9 Å².